The third kappa shape index (κ3) is 3.36. The van der Waals surface area contributed by atoms with E-state index in [-0.39, 0.29) is 30.3 Å². The number of benzene rings is 1. The maximum Gasteiger partial charge on any atom is 0.256 e. The van der Waals surface area contributed by atoms with Crippen molar-refractivity contribution in [2.45, 2.75) is 6.54 Å². The lowest BCUT2D eigenvalue weighted by Gasteiger charge is -2.28. The van der Waals surface area contributed by atoms with Gasteiger partial charge in [0.2, 0.25) is 0 Å². The van der Waals surface area contributed by atoms with Crippen molar-refractivity contribution in [3.63, 3.8) is 0 Å². The monoisotopic (exact) mass is 342 g/mol. The largest absolute Gasteiger partial charge is 0.348 e. The van der Waals surface area contributed by atoms with E-state index in [1.807, 2.05) is 6.07 Å². The number of nitrogens with one attached hydrogen (secondary N) is 1. The van der Waals surface area contributed by atoms with Crippen molar-refractivity contribution in [3.05, 3.63) is 59.3 Å². The molecule has 0 aliphatic carbocycles. The summed E-state index contributed by atoms with van der Waals surface area (Å²) >= 11 is 0. The summed E-state index contributed by atoms with van der Waals surface area (Å²) in [6, 6.07) is 8.94. The third-order valence-corrected chi connectivity index (χ3v) is 4.76. The lowest BCUT2D eigenvalue weighted by molar-refractivity contribution is -0.117. The topological polar surface area (TPSA) is 103 Å². The van der Waals surface area contributed by atoms with Gasteiger partial charge in [-0.15, -0.1) is 4.40 Å². The normalized spacial score (nSPS) is 18.0. The zero-order valence-corrected chi connectivity index (χ0v) is 13.5. The number of amides is 1. The molecule has 8 heteroatoms. The van der Waals surface area contributed by atoms with Gasteiger partial charge >= 0.3 is 0 Å². The van der Waals surface area contributed by atoms with Crippen molar-refractivity contribution in [2.24, 2.45) is 4.40 Å². The third-order valence-electron chi connectivity index (χ3n) is 3.61. The standard InChI is InChI=1S/C16H14N4O3S/c17-10-12-3-1-4-13(9-12)11-18-16(21)14-5-2-6-20-7-8-24(22,23)19-15(14)20/h1-6,9H,7-8,11H2,(H,18,21). The molecule has 0 aromatic heterocycles. The van der Waals surface area contributed by atoms with E-state index in [4.69, 9.17) is 5.26 Å². The quantitative estimate of drug-likeness (QED) is 0.870. The molecule has 7 nitrogen and oxygen atoms in total. The van der Waals surface area contributed by atoms with Crippen LogP contribution in [0.5, 0.6) is 0 Å². The highest BCUT2D eigenvalue weighted by molar-refractivity contribution is 7.90. The first-order valence-electron chi connectivity index (χ1n) is 7.24. The Hall–Kier alpha value is -2.92. The number of carbonyl (C=O) groups excluding carboxylic acids is 1. The molecule has 0 saturated carbocycles. The Morgan fingerprint density at radius 1 is 1.42 bits per heavy atom. The molecule has 0 radical (unpaired) electrons. The van der Waals surface area contributed by atoms with Gasteiger partial charge in [-0.05, 0) is 29.8 Å². The Morgan fingerprint density at radius 3 is 3.04 bits per heavy atom. The fourth-order valence-electron chi connectivity index (χ4n) is 2.42. The molecule has 1 amide bonds. The van der Waals surface area contributed by atoms with Gasteiger partial charge in [0.15, 0.2) is 5.84 Å². The van der Waals surface area contributed by atoms with Crippen LogP contribution in [0.2, 0.25) is 0 Å². The van der Waals surface area contributed by atoms with Crippen LogP contribution in [0.3, 0.4) is 0 Å². The summed E-state index contributed by atoms with van der Waals surface area (Å²) in [6.07, 6.45) is 4.92. The summed E-state index contributed by atoms with van der Waals surface area (Å²) in [6.45, 7) is 0.502. The average molecular weight is 342 g/mol. The molecule has 1 aromatic carbocycles. The zero-order valence-electron chi connectivity index (χ0n) is 12.6. The average Bonchev–Trinajstić information content (AvgIpc) is 2.58. The van der Waals surface area contributed by atoms with Crippen LogP contribution in [0.4, 0.5) is 0 Å². The highest BCUT2D eigenvalue weighted by Gasteiger charge is 2.29. The molecule has 2 heterocycles. The molecule has 0 fully saturated rings. The van der Waals surface area contributed by atoms with Gasteiger partial charge in [0.25, 0.3) is 15.9 Å². The van der Waals surface area contributed by atoms with Crippen molar-refractivity contribution in [2.75, 3.05) is 12.3 Å². The molecule has 122 valence electrons. The van der Waals surface area contributed by atoms with Crippen LogP contribution < -0.4 is 5.32 Å². The zero-order chi connectivity index (χ0) is 17.2. The molecule has 0 atom stereocenters. The predicted octanol–water partition coefficient (Wildman–Crippen LogP) is 0.672. The summed E-state index contributed by atoms with van der Waals surface area (Å²) < 4.78 is 27.1. The fraction of sp³-hybridized carbons (Fsp3) is 0.188. The summed E-state index contributed by atoms with van der Waals surface area (Å²) in [7, 11) is -3.54. The second-order valence-corrected chi connectivity index (χ2v) is 7.07. The smallest absolute Gasteiger partial charge is 0.256 e. The second kappa shape index (κ2) is 6.29. The summed E-state index contributed by atoms with van der Waals surface area (Å²) in [5.74, 6) is -0.342. The highest BCUT2D eigenvalue weighted by Crippen LogP contribution is 2.18. The number of rotatable bonds is 3. The van der Waals surface area contributed by atoms with Crippen LogP contribution in [-0.2, 0) is 21.4 Å². The van der Waals surface area contributed by atoms with E-state index < -0.39 is 15.9 Å². The number of nitriles is 1. The van der Waals surface area contributed by atoms with Crippen LogP contribution >= 0.6 is 0 Å². The SMILES string of the molecule is N#Cc1cccc(CNC(=O)C2=CC=CN3CCS(=O)(=O)N=C23)c1. The Balaban J connectivity index is 1.77. The number of amidine groups is 1. The van der Waals surface area contributed by atoms with Crippen molar-refractivity contribution in [1.82, 2.24) is 10.2 Å². The molecule has 24 heavy (non-hydrogen) atoms. The van der Waals surface area contributed by atoms with Crippen molar-refractivity contribution in [1.29, 1.82) is 5.26 Å². The molecule has 1 aromatic rings. The van der Waals surface area contributed by atoms with Gasteiger partial charge in [0.1, 0.15) is 0 Å². The number of sulfonamides is 1. The minimum atomic E-state index is -3.54. The van der Waals surface area contributed by atoms with Gasteiger partial charge in [-0.3, -0.25) is 4.79 Å². The van der Waals surface area contributed by atoms with Gasteiger partial charge in [0, 0.05) is 19.3 Å². The van der Waals surface area contributed by atoms with Crippen LogP contribution in [0.25, 0.3) is 0 Å². The molecule has 2 aliphatic rings. The molecule has 0 spiro atoms. The number of carbonyl (C=O) groups is 1. The molecular formula is C16H14N4O3S. The van der Waals surface area contributed by atoms with Gasteiger partial charge in [-0.2, -0.15) is 5.26 Å². The van der Waals surface area contributed by atoms with Gasteiger partial charge in [-0.25, -0.2) is 8.42 Å². The summed E-state index contributed by atoms with van der Waals surface area (Å²) in [5.41, 5.74) is 1.50. The number of allylic oxidation sites excluding steroid dienone is 2. The molecule has 0 bridgehead atoms. The number of nitrogens with zero attached hydrogens (tertiary/aromatic N) is 3. The maximum absolute atomic E-state index is 12.4. The lowest BCUT2D eigenvalue weighted by atomic mass is 10.1. The van der Waals surface area contributed by atoms with Crippen molar-refractivity contribution in [3.8, 4) is 6.07 Å². The first-order valence-corrected chi connectivity index (χ1v) is 8.85. The van der Waals surface area contributed by atoms with Crippen LogP contribution in [0, 0.1) is 11.3 Å². The number of hydrogen-bond donors (Lipinski definition) is 1. The minimum Gasteiger partial charge on any atom is -0.348 e. The number of hydrogen-bond acceptors (Lipinski definition) is 5. The first kappa shape index (κ1) is 16.0. The predicted molar refractivity (Wildman–Crippen MR) is 88.2 cm³/mol. The second-order valence-electron chi connectivity index (χ2n) is 5.31. The van der Waals surface area contributed by atoms with E-state index in [0.717, 1.165) is 5.56 Å². The maximum atomic E-state index is 12.4. The first-order chi connectivity index (χ1) is 11.5. The van der Waals surface area contributed by atoms with E-state index in [2.05, 4.69) is 9.71 Å². The van der Waals surface area contributed by atoms with Crippen LogP contribution in [0.1, 0.15) is 11.1 Å². The fourth-order valence-corrected chi connectivity index (χ4v) is 3.41. The van der Waals surface area contributed by atoms with E-state index >= 15 is 0 Å². The summed E-state index contributed by atoms with van der Waals surface area (Å²) in [4.78, 5) is 14.1. The Labute approximate surface area is 139 Å². The van der Waals surface area contributed by atoms with Crippen LogP contribution in [0.15, 0.2) is 52.6 Å². The van der Waals surface area contributed by atoms with Gasteiger partial charge in [0.05, 0.1) is 23.0 Å². The van der Waals surface area contributed by atoms with E-state index in [0.29, 0.717) is 5.56 Å². The number of fused-ring (bicyclic) bond motifs is 1. The van der Waals surface area contributed by atoms with Crippen LogP contribution in [-0.4, -0.2) is 37.4 Å². The molecule has 0 saturated heterocycles. The van der Waals surface area contributed by atoms with Crippen molar-refractivity contribution < 1.29 is 13.2 Å². The molecule has 1 N–H and O–H groups in total. The minimum absolute atomic E-state index is 0.0727. The van der Waals surface area contributed by atoms with Crippen molar-refractivity contribution >= 4 is 21.8 Å². The summed E-state index contributed by atoms with van der Waals surface area (Å²) in [5, 5.41) is 11.6. The Kier molecular flexibility index (Phi) is 4.18. The van der Waals surface area contributed by atoms with Gasteiger partial charge < -0.3 is 10.2 Å². The Bertz CT molecular complexity index is 923. The molecular weight excluding hydrogens is 328 g/mol. The molecule has 2 aliphatic heterocycles. The van der Waals surface area contributed by atoms with Gasteiger partial charge in [-0.1, -0.05) is 12.1 Å². The highest BCUT2D eigenvalue weighted by atomic mass is 32.2. The lowest BCUT2D eigenvalue weighted by Crippen LogP contribution is -2.42. The molecule has 3 rings (SSSR count). The van der Waals surface area contributed by atoms with E-state index in [9.17, 15) is 13.2 Å². The molecule has 0 unspecified atom stereocenters. The Morgan fingerprint density at radius 2 is 2.25 bits per heavy atom. The van der Waals surface area contributed by atoms with E-state index in [1.165, 1.54) is 6.08 Å². The van der Waals surface area contributed by atoms with E-state index in [1.54, 1.807) is 41.4 Å².